The van der Waals surface area contributed by atoms with Gasteiger partial charge in [0.15, 0.2) is 17.0 Å². The number of aromatic nitrogens is 9. The Labute approximate surface area is 762 Å². The number of rotatable bonds is 3. The Morgan fingerprint density at radius 3 is 1.31 bits per heavy atom. The molecule has 9 fully saturated rings. The van der Waals surface area contributed by atoms with E-state index in [0.717, 1.165) is 137 Å². The molecule has 3 saturated heterocycles. The number of hydrogen-bond acceptors (Lipinski definition) is 21. The summed E-state index contributed by atoms with van der Waals surface area (Å²) in [6, 6.07) is 3.31. The Morgan fingerprint density at radius 2 is 0.855 bits per heavy atom. The van der Waals surface area contributed by atoms with Gasteiger partial charge in [-0.2, -0.15) is 19.7 Å². The molecule has 6 aromatic rings. The third-order valence-corrected chi connectivity index (χ3v) is 29.8. The summed E-state index contributed by atoms with van der Waals surface area (Å²) in [5.74, 6) is 2.05. The van der Waals surface area contributed by atoms with Gasteiger partial charge in [-0.05, 0) is 177 Å². The Balaban J connectivity index is 0.000000158. The zero-order valence-corrected chi connectivity index (χ0v) is 78.1. The van der Waals surface area contributed by atoms with Crippen molar-refractivity contribution in [1.29, 1.82) is 0 Å². The first-order valence-electron chi connectivity index (χ1n) is 45.2. The van der Waals surface area contributed by atoms with E-state index in [0.29, 0.717) is 71.2 Å². The number of pyridine rings is 1. The van der Waals surface area contributed by atoms with E-state index in [1.54, 1.807) is 32.8 Å². The summed E-state index contributed by atoms with van der Waals surface area (Å²) >= 11 is 0. The first-order chi connectivity index (χ1) is 57.8. The minimum Gasteiger partial charge on any atom is -0.540 e. The SMILES string of the molecule is C[C@@H]1[C@@H]2CN(C(=O)[C@H](C(C)(C)C)CC(=O)O[C@@H]3CC4CC4[C@H]3CCCCCc3cn4ccnc4cc3O2)[C@@H]1[C-]=O.C[C@@H]1[C@@H]2CN(C(=O)[C@H](C(C)(C)C)CC(=O)O[C@@H]3CC4CC4[C@H]3CCCCCc3nc4ccnn4cc3O2)[C@@H]1[C-]=O.C[C@@H]1[C@@H]2CN(C(=O)[C@H](C(C)(C)C)CC(=O)O[C@@H]3CC4CC4[C@H]3CCCCCn3c(nc4ccnn4c3=O)O2)[C@@H]1[C-]=O.[V].[V].[V]. The van der Waals surface area contributed by atoms with E-state index in [-0.39, 0.29) is 178 Å². The van der Waals surface area contributed by atoms with Gasteiger partial charge in [-0.1, -0.05) is 140 Å². The van der Waals surface area contributed by atoms with Crippen LogP contribution < -0.4 is 19.9 Å². The number of esters is 3. The number of ether oxygens (including phenoxy) is 6. The quantitative estimate of drug-likeness (QED) is 0.0902. The van der Waals surface area contributed by atoms with Gasteiger partial charge in [0.25, 0.3) is 0 Å². The minimum absolute atomic E-state index is 0. The molecule has 6 aliphatic carbocycles. The number of amides is 3. The summed E-state index contributed by atoms with van der Waals surface area (Å²) in [6.07, 6.45) is 35.8. The predicted molar refractivity (Wildman–Crippen MR) is 444 cm³/mol. The molecular formula is C93H123N12O16V3-3. The van der Waals surface area contributed by atoms with Gasteiger partial charge < -0.3 is 61.9 Å². The summed E-state index contributed by atoms with van der Waals surface area (Å²) < 4.78 is 44.2. The van der Waals surface area contributed by atoms with Gasteiger partial charge in [-0.15, -0.1) is 0 Å². The zero-order valence-electron chi connectivity index (χ0n) is 73.9. The largest absolute Gasteiger partial charge is 0.540 e. The molecule has 6 aliphatic heterocycles. The molecule has 0 spiro atoms. The van der Waals surface area contributed by atoms with E-state index in [9.17, 15) is 47.9 Å². The van der Waals surface area contributed by atoms with Crippen LogP contribution in [0.15, 0.2) is 60.2 Å². The molecule has 28 nitrogen and oxygen atoms in total. The fourth-order valence-corrected chi connectivity index (χ4v) is 22.2. The number of nitrogens with zero attached hydrogens (tertiary/aromatic N) is 12. The molecular weight excluding hydrogens is 1690 g/mol. The smallest absolute Gasteiger partial charge is 0.354 e. The second kappa shape index (κ2) is 38.5. The van der Waals surface area contributed by atoms with Crippen LogP contribution in [0.25, 0.3) is 16.9 Å². The van der Waals surface area contributed by atoms with Crippen LogP contribution in [-0.2, 0) is 132 Å². The van der Waals surface area contributed by atoms with Crippen molar-refractivity contribution in [3.05, 3.63) is 77.1 Å². The predicted octanol–water partition coefficient (Wildman–Crippen LogP) is 11.7. The fraction of sp³-hybridized carbons (Fsp3) is 0.710. The summed E-state index contributed by atoms with van der Waals surface area (Å²) in [7, 11) is 0. The molecule has 3 amide bonds. The van der Waals surface area contributed by atoms with Gasteiger partial charge in [-0.3, -0.25) is 28.8 Å². The average Bonchev–Trinajstić information content (AvgIpc) is 1.61. The van der Waals surface area contributed by atoms with Crippen LogP contribution in [0.1, 0.15) is 229 Å². The minimum atomic E-state index is -0.847. The van der Waals surface area contributed by atoms with Crippen molar-refractivity contribution in [1.82, 2.24) is 57.8 Å². The third-order valence-electron chi connectivity index (χ3n) is 29.8. The average molecular weight is 1820 g/mol. The van der Waals surface area contributed by atoms with Crippen LogP contribution in [0, 0.1) is 105 Å². The van der Waals surface area contributed by atoms with Gasteiger partial charge in [0.2, 0.25) is 17.7 Å². The molecule has 6 bridgehead atoms. The first kappa shape index (κ1) is 94.3. The van der Waals surface area contributed by atoms with Crippen LogP contribution in [-0.4, -0.2) is 187 Å². The standard InChI is InChI=1S/C32H42N3O5.C31H41N4O5.C30H40N5O6.3V/c1-19-25(18-36)35-17-28(19)39-26-15-29-33-10-11-34(29)16-20(26)8-6-5-7-9-22-23-12-21(23)13-27(22)40-30(37)14-24(31(35)38)32(2,3)4;1-18-24(17-36)34-15-26(18)39-27-16-35-28(10-11-32-35)33-23(27)9-7-5-6-8-20-21-12-19(21)13-25(20)40-29(37)14-22(30(34)38)31(2,3)4;1-17-22(16-36)34-15-24(17)41-28-32-25-9-10-31-35(25)29(39)33(28)11-7-5-6-8-19-20-12-18(20)13-23(19)40-26(37)14-21(27(34)38)30(2,3)4;;;/h10-11,15-16,19,21-25,27-28H,5-9,12-14,17H2,1-4H3;10-11,16,18-22,24-26H,5-9,12-15H2,1-4H3;9-10,17-24H,5-8,11-15H2,1-4H3;;;/q3*-1;;;/t19-,21?,22+,23?,24+,25+,27+,28-;18-,19?,20+,21?,22+,24+,25+,26-;17-,18?,19+,20?,21+,22+,23+,24-;;;/m000.../s1. The van der Waals surface area contributed by atoms with E-state index in [1.807, 2.05) is 118 Å². The molecule has 6 saturated carbocycles. The van der Waals surface area contributed by atoms with Crippen molar-refractivity contribution in [2.75, 3.05) is 19.6 Å². The molecule has 12 heterocycles. The van der Waals surface area contributed by atoms with Crippen LogP contribution in [0.5, 0.6) is 17.5 Å². The second-order valence-corrected chi connectivity index (χ2v) is 40.9. The van der Waals surface area contributed by atoms with Crippen molar-refractivity contribution >= 4 is 71.4 Å². The number of hydrogen-bond donors (Lipinski definition) is 0. The van der Waals surface area contributed by atoms with E-state index in [1.165, 1.54) is 39.4 Å². The van der Waals surface area contributed by atoms with Gasteiger partial charge in [0.1, 0.15) is 48.0 Å². The van der Waals surface area contributed by atoms with E-state index >= 15 is 0 Å². The fourth-order valence-electron chi connectivity index (χ4n) is 22.2. The maximum atomic E-state index is 14.0. The summed E-state index contributed by atoms with van der Waals surface area (Å²) in [5, 5.41) is 8.47. The molecule has 669 valence electrons. The van der Waals surface area contributed by atoms with Crippen molar-refractivity contribution in [2.45, 2.75) is 292 Å². The maximum absolute atomic E-state index is 14.0. The Bertz CT molecular complexity index is 4740. The molecule has 31 heteroatoms. The van der Waals surface area contributed by atoms with Crippen LogP contribution in [0.2, 0.25) is 0 Å². The second-order valence-electron chi connectivity index (χ2n) is 40.9. The molecule has 0 aromatic carbocycles. The van der Waals surface area contributed by atoms with Gasteiger partial charge in [-0.25, -0.2) is 42.7 Å². The zero-order chi connectivity index (χ0) is 85.4. The Hall–Kier alpha value is -7.36. The Morgan fingerprint density at radius 1 is 0.427 bits per heavy atom. The molecule has 12 aliphatic rings. The normalized spacial score (nSPS) is 34.1. The van der Waals surface area contributed by atoms with Crippen molar-refractivity contribution in [3.63, 3.8) is 0 Å². The number of aryl methyl sites for hydroxylation is 2. The van der Waals surface area contributed by atoms with Gasteiger partial charge >= 0.3 is 29.6 Å². The third kappa shape index (κ3) is 19.9. The Kier molecular flexibility index (Phi) is 29.3. The van der Waals surface area contributed by atoms with Crippen LogP contribution >= 0.6 is 0 Å². The van der Waals surface area contributed by atoms with Crippen LogP contribution in [0.3, 0.4) is 0 Å². The molecule has 6 aromatic heterocycles. The van der Waals surface area contributed by atoms with Crippen molar-refractivity contribution < 1.29 is 127 Å². The molecule has 3 radical (unpaired) electrons. The monoisotopic (exact) mass is 1820 g/mol. The topological polar surface area (TPSA) is 318 Å². The summed E-state index contributed by atoms with van der Waals surface area (Å²) in [5.41, 5.74) is 2.07. The molecule has 24 atom stereocenters. The number of carbonyl (C=O) groups is 6. The van der Waals surface area contributed by atoms with E-state index in [4.69, 9.17) is 33.4 Å². The molecule has 0 N–H and O–H groups in total. The number of carbonyl (C=O) groups excluding carboxylic acids is 9. The van der Waals surface area contributed by atoms with Crippen molar-refractivity contribution in [2.24, 2.45) is 105 Å². The molecule has 18 rings (SSSR count). The molecule has 6 unspecified atom stereocenters. The summed E-state index contributed by atoms with van der Waals surface area (Å²) in [6.45, 7) is 24.3. The van der Waals surface area contributed by atoms with Gasteiger partial charge in [0.05, 0.1) is 80.9 Å². The van der Waals surface area contributed by atoms with Crippen LogP contribution in [0.4, 0.5) is 0 Å². The maximum Gasteiger partial charge on any atom is 0.354 e. The van der Waals surface area contributed by atoms with E-state index in [2.05, 4.69) is 38.9 Å². The number of imidazole rings is 1. The van der Waals surface area contributed by atoms with E-state index < -0.39 is 70.3 Å². The summed E-state index contributed by atoms with van der Waals surface area (Å²) in [4.78, 5) is 150. The number of fused-ring (bicyclic) bond motifs is 21. The molecule has 124 heavy (non-hydrogen) atoms. The first-order valence-corrected chi connectivity index (χ1v) is 45.2. The van der Waals surface area contributed by atoms with Crippen molar-refractivity contribution in [3.8, 4) is 17.5 Å². The van der Waals surface area contributed by atoms with Gasteiger partial charge in [0, 0.05) is 105 Å².